The van der Waals surface area contributed by atoms with Crippen molar-refractivity contribution in [2.45, 2.75) is 46.1 Å². The molecule has 0 radical (unpaired) electrons. The molecule has 0 aliphatic carbocycles. The van der Waals surface area contributed by atoms with Gasteiger partial charge in [-0.3, -0.25) is 9.48 Å². The third-order valence-corrected chi connectivity index (χ3v) is 3.98. The van der Waals surface area contributed by atoms with Crippen LogP contribution in [0, 0.1) is 6.92 Å². The van der Waals surface area contributed by atoms with Crippen molar-refractivity contribution in [3.63, 3.8) is 0 Å². The molecule has 1 amide bonds. The molecule has 1 unspecified atom stereocenters. The predicted molar refractivity (Wildman–Crippen MR) is 90.7 cm³/mol. The summed E-state index contributed by atoms with van der Waals surface area (Å²) in [5, 5.41) is 7.15. The third-order valence-electron chi connectivity index (χ3n) is 3.98. The summed E-state index contributed by atoms with van der Waals surface area (Å²) in [6, 6.07) is 6.13. The van der Waals surface area contributed by atoms with Gasteiger partial charge < -0.3 is 10.1 Å². The number of amides is 1. The van der Waals surface area contributed by atoms with Crippen molar-refractivity contribution in [1.29, 1.82) is 0 Å². The number of aromatic nitrogens is 2. The number of hydrogen-bond acceptors (Lipinski definition) is 3. The van der Waals surface area contributed by atoms with E-state index in [2.05, 4.69) is 15.2 Å². The van der Waals surface area contributed by atoms with Crippen LogP contribution >= 0.6 is 0 Å². The highest BCUT2D eigenvalue weighted by Gasteiger charge is 2.27. The lowest BCUT2D eigenvalue weighted by Gasteiger charge is -2.14. The number of benzene rings is 1. The molecule has 0 saturated heterocycles. The summed E-state index contributed by atoms with van der Waals surface area (Å²) in [7, 11) is 0. The van der Waals surface area contributed by atoms with Gasteiger partial charge in [0.15, 0.2) is 0 Å². The van der Waals surface area contributed by atoms with Gasteiger partial charge >= 0.3 is 6.18 Å². The predicted octanol–water partition coefficient (Wildman–Crippen LogP) is 3.78. The molecule has 0 bridgehead atoms. The zero-order valence-electron chi connectivity index (χ0n) is 14.9. The van der Waals surface area contributed by atoms with E-state index in [1.54, 1.807) is 24.4 Å². The fraction of sp³-hybridized carbons (Fsp3) is 0.444. The molecule has 0 saturated carbocycles. The van der Waals surface area contributed by atoms with E-state index in [9.17, 15) is 18.0 Å². The van der Waals surface area contributed by atoms with E-state index in [1.165, 1.54) is 6.07 Å². The molecular formula is C18H22F3N3O2. The highest BCUT2D eigenvalue weighted by Crippen LogP contribution is 2.18. The van der Waals surface area contributed by atoms with Crippen molar-refractivity contribution in [3.8, 4) is 0 Å². The second-order valence-electron chi connectivity index (χ2n) is 6.00. The van der Waals surface area contributed by atoms with Crippen LogP contribution in [-0.2, 0) is 17.9 Å². The number of nitrogens with zero attached hydrogens (tertiary/aromatic N) is 2. The Morgan fingerprint density at radius 1 is 1.38 bits per heavy atom. The van der Waals surface area contributed by atoms with Crippen LogP contribution in [0.2, 0.25) is 0 Å². The molecule has 142 valence electrons. The maximum atomic E-state index is 12.4. The average molecular weight is 369 g/mol. The third kappa shape index (κ3) is 5.32. The van der Waals surface area contributed by atoms with Gasteiger partial charge in [0.25, 0.3) is 5.91 Å². The first-order valence-corrected chi connectivity index (χ1v) is 8.28. The van der Waals surface area contributed by atoms with E-state index in [4.69, 9.17) is 0 Å². The van der Waals surface area contributed by atoms with Crippen LogP contribution in [0.1, 0.15) is 47.1 Å². The van der Waals surface area contributed by atoms with Crippen LogP contribution in [0.5, 0.6) is 0 Å². The zero-order chi connectivity index (χ0) is 19.3. The Morgan fingerprint density at radius 2 is 2.12 bits per heavy atom. The number of alkyl halides is 3. The molecule has 26 heavy (non-hydrogen) atoms. The molecule has 8 heteroatoms. The van der Waals surface area contributed by atoms with Crippen LogP contribution in [0.3, 0.4) is 0 Å². The van der Waals surface area contributed by atoms with E-state index in [0.29, 0.717) is 11.1 Å². The summed E-state index contributed by atoms with van der Waals surface area (Å²) in [6.07, 6.45) is -2.64. The number of carbonyl (C=O) groups excluding carboxylic acids is 1. The van der Waals surface area contributed by atoms with E-state index >= 15 is 0 Å². The molecular weight excluding hydrogens is 347 g/mol. The first-order chi connectivity index (χ1) is 12.2. The normalized spacial score (nSPS) is 12.8. The van der Waals surface area contributed by atoms with Crippen molar-refractivity contribution in [3.05, 3.63) is 52.8 Å². The quantitative estimate of drug-likeness (QED) is 0.808. The van der Waals surface area contributed by atoms with Gasteiger partial charge in [-0.05, 0) is 38.5 Å². The number of aryl methyl sites for hydroxylation is 1. The molecule has 0 aliphatic heterocycles. The summed E-state index contributed by atoms with van der Waals surface area (Å²) in [5.41, 5.74) is 2.77. The Bertz CT molecular complexity index is 756. The smallest absolute Gasteiger partial charge is 0.367 e. The Hall–Kier alpha value is -2.35. The summed E-state index contributed by atoms with van der Waals surface area (Å²) in [4.78, 5) is 12.4. The molecule has 0 fully saturated rings. The Balaban J connectivity index is 2.00. The molecule has 0 spiro atoms. The maximum absolute atomic E-state index is 12.4. The SMILES string of the molecule is CCn1ncc(C(C)NC(=O)c2cccc(COCC(F)(F)F)c2)c1C. The summed E-state index contributed by atoms with van der Waals surface area (Å²) in [5.74, 6) is -0.307. The van der Waals surface area contributed by atoms with E-state index in [0.717, 1.165) is 17.8 Å². The second-order valence-corrected chi connectivity index (χ2v) is 6.00. The van der Waals surface area contributed by atoms with Crippen LogP contribution in [-0.4, -0.2) is 28.5 Å². The fourth-order valence-corrected chi connectivity index (χ4v) is 2.65. The van der Waals surface area contributed by atoms with Crippen molar-refractivity contribution in [2.75, 3.05) is 6.61 Å². The minimum atomic E-state index is -4.37. The molecule has 2 rings (SSSR count). The van der Waals surface area contributed by atoms with Crippen LogP contribution in [0.4, 0.5) is 13.2 Å². The van der Waals surface area contributed by atoms with Crippen molar-refractivity contribution in [1.82, 2.24) is 15.1 Å². The molecule has 2 aromatic rings. The largest absolute Gasteiger partial charge is 0.411 e. The van der Waals surface area contributed by atoms with Crippen molar-refractivity contribution in [2.24, 2.45) is 0 Å². The zero-order valence-corrected chi connectivity index (χ0v) is 14.9. The molecule has 1 heterocycles. The van der Waals surface area contributed by atoms with Gasteiger partial charge in [0.2, 0.25) is 0 Å². The van der Waals surface area contributed by atoms with Gasteiger partial charge in [0, 0.05) is 23.4 Å². The van der Waals surface area contributed by atoms with Gasteiger partial charge in [-0.2, -0.15) is 18.3 Å². The molecule has 5 nitrogen and oxygen atoms in total. The minimum Gasteiger partial charge on any atom is -0.367 e. The van der Waals surface area contributed by atoms with Crippen LogP contribution in [0.25, 0.3) is 0 Å². The van der Waals surface area contributed by atoms with Crippen molar-refractivity contribution < 1.29 is 22.7 Å². The first-order valence-electron chi connectivity index (χ1n) is 8.28. The highest BCUT2D eigenvalue weighted by molar-refractivity contribution is 5.94. The molecule has 1 aromatic heterocycles. The topological polar surface area (TPSA) is 56.2 Å². The standard InChI is InChI=1S/C18H22F3N3O2/c1-4-24-13(3)16(9-22-24)12(2)23-17(25)15-7-5-6-14(8-15)10-26-11-18(19,20)21/h5-9,12H,4,10-11H2,1-3H3,(H,23,25). The van der Waals surface area contributed by atoms with Crippen molar-refractivity contribution >= 4 is 5.91 Å². The van der Waals surface area contributed by atoms with Gasteiger partial charge in [0.05, 0.1) is 18.8 Å². The molecule has 1 N–H and O–H groups in total. The lowest BCUT2D eigenvalue weighted by Crippen LogP contribution is -2.27. The number of halogens is 3. The van der Waals surface area contributed by atoms with E-state index < -0.39 is 12.8 Å². The second kappa shape index (κ2) is 8.35. The number of carbonyl (C=O) groups is 1. The number of rotatable bonds is 7. The lowest BCUT2D eigenvalue weighted by molar-refractivity contribution is -0.176. The Morgan fingerprint density at radius 3 is 2.73 bits per heavy atom. The van der Waals surface area contributed by atoms with Crippen LogP contribution < -0.4 is 5.32 Å². The maximum Gasteiger partial charge on any atom is 0.411 e. The summed E-state index contributed by atoms with van der Waals surface area (Å²) < 4.78 is 42.9. The lowest BCUT2D eigenvalue weighted by atomic mass is 10.1. The highest BCUT2D eigenvalue weighted by atomic mass is 19.4. The molecule has 1 aromatic carbocycles. The van der Waals surface area contributed by atoms with Gasteiger partial charge in [-0.25, -0.2) is 0 Å². The monoisotopic (exact) mass is 369 g/mol. The average Bonchev–Trinajstić information content (AvgIpc) is 2.94. The van der Waals surface area contributed by atoms with Gasteiger partial charge in [-0.15, -0.1) is 0 Å². The summed E-state index contributed by atoms with van der Waals surface area (Å²) >= 11 is 0. The van der Waals surface area contributed by atoms with Crippen LogP contribution in [0.15, 0.2) is 30.5 Å². The first kappa shape index (κ1) is 20.0. The van der Waals surface area contributed by atoms with E-state index in [1.807, 2.05) is 25.5 Å². The Labute approximate surface area is 150 Å². The number of hydrogen-bond donors (Lipinski definition) is 1. The molecule has 0 aliphatic rings. The van der Waals surface area contributed by atoms with E-state index in [-0.39, 0.29) is 18.6 Å². The molecule has 1 atom stereocenters. The number of nitrogens with one attached hydrogen (secondary N) is 1. The van der Waals surface area contributed by atoms with Gasteiger partial charge in [0.1, 0.15) is 6.61 Å². The minimum absolute atomic E-state index is 0.210. The number of ether oxygens (including phenoxy) is 1. The Kier molecular flexibility index (Phi) is 6.42. The summed E-state index contributed by atoms with van der Waals surface area (Å²) in [6.45, 7) is 5.00. The fourth-order valence-electron chi connectivity index (χ4n) is 2.65. The van der Waals surface area contributed by atoms with Gasteiger partial charge in [-0.1, -0.05) is 12.1 Å².